The molecule has 0 bridgehead atoms. The standard InChI is InChI=1S/C24H44O4/c1-4-19-14-9-7-6-8-12-18(3)13-10-11-15-20(5-2)17-22(24(27)28)21(16-19)23(25)26/h18-22H,4-17H2,1-3H3,(H,25,26)(H,27,28). The van der Waals surface area contributed by atoms with Crippen LogP contribution in [0.15, 0.2) is 0 Å². The monoisotopic (exact) mass is 396 g/mol. The van der Waals surface area contributed by atoms with Crippen LogP contribution in [0.4, 0.5) is 0 Å². The van der Waals surface area contributed by atoms with Gasteiger partial charge in [0, 0.05) is 0 Å². The average Bonchev–Trinajstić information content (AvgIpc) is 2.66. The lowest BCUT2D eigenvalue weighted by Gasteiger charge is -2.27. The van der Waals surface area contributed by atoms with Crippen LogP contribution in [0.5, 0.6) is 0 Å². The Morgan fingerprint density at radius 3 is 1.43 bits per heavy atom. The van der Waals surface area contributed by atoms with Crippen molar-refractivity contribution in [1.82, 2.24) is 0 Å². The SMILES string of the molecule is CCC1CCCCCCC(C)CCCCC(CC)CC(C(=O)O)C(C(=O)O)C1. The summed E-state index contributed by atoms with van der Waals surface area (Å²) in [6.07, 6.45) is 14.8. The fourth-order valence-corrected chi connectivity index (χ4v) is 4.92. The lowest BCUT2D eigenvalue weighted by atomic mass is 9.76. The molecule has 28 heavy (non-hydrogen) atoms. The molecule has 0 heterocycles. The molecule has 0 amide bonds. The molecule has 4 heteroatoms. The van der Waals surface area contributed by atoms with Crippen LogP contribution in [0.3, 0.4) is 0 Å². The molecule has 0 radical (unpaired) electrons. The van der Waals surface area contributed by atoms with E-state index in [2.05, 4.69) is 20.8 Å². The normalized spacial score (nSPS) is 32.3. The minimum absolute atomic E-state index is 0.314. The minimum atomic E-state index is -0.924. The van der Waals surface area contributed by atoms with Crippen molar-refractivity contribution in [1.29, 1.82) is 0 Å². The number of carboxylic acids is 2. The molecule has 1 rings (SSSR count). The lowest BCUT2D eigenvalue weighted by Crippen LogP contribution is -2.33. The Morgan fingerprint density at radius 1 is 0.679 bits per heavy atom. The first kappa shape index (κ1) is 25.0. The van der Waals surface area contributed by atoms with Gasteiger partial charge in [-0.15, -0.1) is 0 Å². The number of carbonyl (C=O) groups is 2. The maximum absolute atomic E-state index is 12.0. The first-order chi connectivity index (χ1) is 13.4. The molecule has 164 valence electrons. The van der Waals surface area contributed by atoms with Crippen molar-refractivity contribution in [2.75, 3.05) is 0 Å². The zero-order valence-electron chi connectivity index (χ0n) is 18.5. The number of hydrogen-bond acceptors (Lipinski definition) is 2. The van der Waals surface area contributed by atoms with E-state index in [0.29, 0.717) is 24.7 Å². The Balaban J connectivity index is 2.91. The maximum Gasteiger partial charge on any atom is 0.307 e. The third-order valence-electron chi connectivity index (χ3n) is 7.07. The average molecular weight is 397 g/mol. The molecule has 2 N–H and O–H groups in total. The highest BCUT2D eigenvalue weighted by Gasteiger charge is 2.36. The smallest absolute Gasteiger partial charge is 0.307 e. The van der Waals surface area contributed by atoms with Crippen molar-refractivity contribution in [3.8, 4) is 0 Å². The summed E-state index contributed by atoms with van der Waals surface area (Å²) >= 11 is 0. The second-order valence-electron chi connectivity index (χ2n) is 9.29. The Kier molecular flexibility index (Phi) is 12.5. The van der Waals surface area contributed by atoms with Crippen molar-refractivity contribution < 1.29 is 19.8 Å². The van der Waals surface area contributed by atoms with E-state index in [9.17, 15) is 19.8 Å². The number of rotatable bonds is 4. The highest BCUT2D eigenvalue weighted by Crippen LogP contribution is 2.33. The highest BCUT2D eigenvalue weighted by molar-refractivity contribution is 5.80. The van der Waals surface area contributed by atoms with Gasteiger partial charge in [0.1, 0.15) is 0 Å². The second-order valence-corrected chi connectivity index (χ2v) is 9.29. The summed E-state index contributed by atoms with van der Waals surface area (Å²) in [6.45, 7) is 6.58. The highest BCUT2D eigenvalue weighted by atomic mass is 16.4. The van der Waals surface area contributed by atoms with Crippen molar-refractivity contribution in [3.05, 3.63) is 0 Å². The summed E-state index contributed by atoms with van der Waals surface area (Å²) in [4.78, 5) is 24.0. The molecule has 0 aromatic carbocycles. The number of aliphatic carboxylic acids is 2. The summed E-state index contributed by atoms with van der Waals surface area (Å²) in [7, 11) is 0. The second kappa shape index (κ2) is 14.0. The van der Waals surface area contributed by atoms with E-state index >= 15 is 0 Å². The first-order valence-electron chi connectivity index (χ1n) is 11.8. The summed E-state index contributed by atoms with van der Waals surface area (Å²) in [6, 6.07) is 0. The Bertz CT molecular complexity index is 448. The fourth-order valence-electron chi connectivity index (χ4n) is 4.92. The predicted molar refractivity (Wildman–Crippen MR) is 114 cm³/mol. The molecule has 1 saturated carbocycles. The molecule has 5 atom stereocenters. The Labute approximate surface area is 172 Å². The Morgan fingerprint density at radius 2 is 1.04 bits per heavy atom. The molecule has 0 aliphatic heterocycles. The van der Waals surface area contributed by atoms with Crippen LogP contribution in [0.2, 0.25) is 0 Å². The van der Waals surface area contributed by atoms with Crippen LogP contribution < -0.4 is 0 Å². The topological polar surface area (TPSA) is 74.6 Å². The van der Waals surface area contributed by atoms with E-state index in [4.69, 9.17) is 0 Å². The molecule has 1 fully saturated rings. The van der Waals surface area contributed by atoms with Crippen LogP contribution >= 0.6 is 0 Å². The number of carboxylic acid groups (broad SMARTS) is 2. The van der Waals surface area contributed by atoms with Crippen LogP contribution in [0.1, 0.15) is 111 Å². The van der Waals surface area contributed by atoms with Gasteiger partial charge in [-0.25, -0.2) is 0 Å². The number of hydrogen-bond donors (Lipinski definition) is 2. The zero-order valence-corrected chi connectivity index (χ0v) is 18.5. The van der Waals surface area contributed by atoms with Crippen LogP contribution in [-0.2, 0) is 9.59 Å². The molecule has 4 nitrogen and oxygen atoms in total. The third-order valence-corrected chi connectivity index (χ3v) is 7.07. The van der Waals surface area contributed by atoms with E-state index in [1.807, 2.05) is 0 Å². The van der Waals surface area contributed by atoms with Gasteiger partial charge in [-0.05, 0) is 30.6 Å². The minimum Gasteiger partial charge on any atom is -0.481 e. The van der Waals surface area contributed by atoms with E-state index in [1.165, 1.54) is 38.5 Å². The van der Waals surface area contributed by atoms with Crippen LogP contribution in [0.25, 0.3) is 0 Å². The molecular weight excluding hydrogens is 352 g/mol. The van der Waals surface area contributed by atoms with Gasteiger partial charge in [0.25, 0.3) is 0 Å². The molecule has 0 saturated heterocycles. The summed E-state index contributed by atoms with van der Waals surface area (Å²) in [5, 5.41) is 19.6. The summed E-state index contributed by atoms with van der Waals surface area (Å²) in [5.41, 5.74) is 0. The summed E-state index contributed by atoms with van der Waals surface area (Å²) in [5.74, 6) is -1.95. The molecule has 5 unspecified atom stereocenters. The van der Waals surface area contributed by atoms with Crippen molar-refractivity contribution in [2.45, 2.75) is 111 Å². The fraction of sp³-hybridized carbons (Fsp3) is 0.917. The van der Waals surface area contributed by atoms with E-state index in [-0.39, 0.29) is 0 Å². The molecule has 0 aromatic heterocycles. The molecular formula is C24H44O4. The van der Waals surface area contributed by atoms with Crippen molar-refractivity contribution in [3.63, 3.8) is 0 Å². The molecule has 0 spiro atoms. The molecule has 0 aromatic rings. The van der Waals surface area contributed by atoms with Gasteiger partial charge in [0.2, 0.25) is 0 Å². The van der Waals surface area contributed by atoms with Gasteiger partial charge in [0.15, 0.2) is 0 Å². The quantitative estimate of drug-likeness (QED) is 0.550. The van der Waals surface area contributed by atoms with Crippen molar-refractivity contribution >= 4 is 11.9 Å². The molecule has 1 aliphatic carbocycles. The van der Waals surface area contributed by atoms with Crippen LogP contribution in [0, 0.1) is 29.6 Å². The summed E-state index contributed by atoms with van der Waals surface area (Å²) < 4.78 is 0. The largest absolute Gasteiger partial charge is 0.481 e. The van der Waals surface area contributed by atoms with E-state index in [1.54, 1.807) is 0 Å². The van der Waals surface area contributed by atoms with Gasteiger partial charge >= 0.3 is 11.9 Å². The third kappa shape index (κ3) is 9.43. The van der Waals surface area contributed by atoms with E-state index < -0.39 is 23.8 Å². The lowest BCUT2D eigenvalue weighted by molar-refractivity contribution is -0.155. The van der Waals surface area contributed by atoms with Gasteiger partial charge in [-0.2, -0.15) is 0 Å². The van der Waals surface area contributed by atoms with Crippen molar-refractivity contribution in [2.24, 2.45) is 29.6 Å². The van der Waals surface area contributed by atoms with Gasteiger partial charge in [-0.1, -0.05) is 97.8 Å². The van der Waals surface area contributed by atoms with Gasteiger partial charge < -0.3 is 10.2 Å². The maximum atomic E-state index is 12.0. The molecule has 1 aliphatic rings. The first-order valence-corrected chi connectivity index (χ1v) is 11.8. The predicted octanol–water partition coefficient (Wildman–Crippen LogP) is 6.77. The van der Waals surface area contributed by atoms with Gasteiger partial charge in [-0.3, -0.25) is 9.59 Å². The Hall–Kier alpha value is -1.06. The van der Waals surface area contributed by atoms with E-state index in [0.717, 1.165) is 44.4 Å². The van der Waals surface area contributed by atoms with Gasteiger partial charge in [0.05, 0.1) is 11.8 Å². The zero-order chi connectivity index (χ0) is 20.9. The van der Waals surface area contributed by atoms with Crippen LogP contribution in [-0.4, -0.2) is 22.2 Å².